The number of carboxylic acids is 2. The fourth-order valence-electron chi connectivity index (χ4n) is 6.44. The number of rotatable bonds is 23. The van der Waals surface area contributed by atoms with Crippen LogP contribution in [0.4, 0.5) is 71.1 Å². The van der Waals surface area contributed by atoms with E-state index in [1.807, 2.05) is 5.32 Å². The van der Waals surface area contributed by atoms with Gasteiger partial charge in [0.15, 0.2) is 0 Å². The number of urea groups is 2. The van der Waals surface area contributed by atoms with Crippen LogP contribution in [0.15, 0.2) is 101 Å². The molecule has 34 nitrogen and oxygen atoms in total. The van der Waals surface area contributed by atoms with Gasteiger partial charge in [0.1, 0.15) is 35.4 Å². The number of aliphatic carboxylic acids is 1. The van der Waals surface area contributed by atoms with Crippen molar-refractivity contribution in [2.24, 2.45) is 0 Å². The minimum atomic E-state index is -4.71. The highest BCUT2D eigenvalue weighted by Crippen LogP contribution is 2.38. The van der Waals surface area contributed by atoms with Gasteiger partial charge in [0, 0.05) is 18.6 Å². The first-order valence-electron chi connectivity index (χ1n) is 25.9. The second-order valence-electron chi connectivity index (χ2n) is 18.7. The van der Waals surface area contributed by atoms with E-state index in [-0.39, 0.29) is 34.8 Å². The second kappa shape index (κ2) is 38.1. The lowest BCUT2D eigenvalue weighted by Crippen LogP contribution is -2.35. The largest absolute Gasteiger partial charge is 0.778 e. The van der Waals surface area contributed by atoms with Crippen molar-refractivity contribution in [1.82, 2.24) is 44.4 Å². The van der Waals surface area contributed by atoms with E-state index in [4.69, 9.17) is 36.2 Å². The molecular formula is C50H52ClF10N12O22PS4. The van der Waals surface area contributed by atoms with Crippen LogP contribution in [-0.4, -0.2) is 164 Å². The van der Waals surface area contributed by atoms with Gasteiger partial charge in [-0.2, -0.15) is 68.8 Å². The minimum Gasteiger partial charge on any atom is -0.778 e. The molecule has 5 amide bonds. The Morgan fingerprint density at radius 1 is 0.720 bits per heavy atom. The van der Waals surface area contributed by atoms with Crippen molar-refractivity contribution in [1.29, 1.82) is 0 Å². The number of sulfonamides is 3. The van der Waals surface area contributed by atoms with Gasteiger partial charge in [-0.1, -0.05) is 41.9 Å². The molecule has 1 unspecified atom stereocenters. The molecule has 50 heteroatoms. The number of aromatic carboxylic acids is 1. The van der Waals surface area contributed by atoms with Crippen LogP contribution >= 0.6 is 19.2 Å². The number of nitro groups is 1. The number of nitrogens with zero attached hydrogens (tertiary/aromatic N) is 6. The Morgan fingerprint density at radius 3 is 1.69 bits per heavy atom. The van der Waals surface area contributed by atoms with Crippen molar-refractivity contribution in [3.63, 3.8) is 0 Å². The molecule has 550 valence electrons. The van der Waals surface area contributed by atoms with Crippen molar-refractivity contribution >= 4 is 108 Å². The van der Waals surface area contributed by atoms with Crippen molar-refractivity contribution in [3.8, 4) is 29.3 Å². The van der Waals surface area contributed by atoms with Crippen LogP contribution in [0.3, 0.4) is 0 Å². The molecule has 2 heterocycles. The lowest BCUT2D eigenvalue weighted by Gasteiger charge is -2.14. The van der Waals surface area contributed by atoms with E-state index in [2.05, 4.69) is 58.5 Å². The molecule has 1 atom stereocenters. The van der Waals surface area contributed by atoms with E-state index in [1.54, 1.807) is 14.8 Å². The van der Waals surface area contributed by atoms with Crippen molar-refractivity contribution < 1.29 is 142 Å². The molecule has 6 rings (SSSR count). The number of carbonyl (C=O) groups excluding carboxylic acids is 3. The Morgan fingerprint density at radius 2 is 1.23 bits per heavy atom. The fraction of sp³-hybridized carbons (Fsp3) is 0.280. The lowest BCUT2D eigenvalue weighted by molar-refractivity contribution is -0.385. The van der Waals surface area contributed by atoms with E-state index >= 15 is 0 Å². The third-order valence-electron chi connectivity index (χ3n) is 10.0. The topological polar surface area (TPSA) is 505 Å². The number of hydrogen-bond donors (Lipinski definition) is 9. The average molecular weight is 1560 g/mol. The molecule has 9 N–H and O–H groups in total. The number of alkyl halides is 10. The van der Waals surface area contributed by atoms with Gasteiger partial charge >= 0.3 is 55.6 Å². The van der Waals surface area contributed by atoms with Crippen LogP contribution in [0.25, 0.3) is 0 Å². The van der Waals surface area contributed by atoms with Crippen LogP contribution in [0.5, 0.6) is 29.3 Å². The summed E-state index contributed by atoms with van der Waals surface area (Å²) in [6.07, 6.45) is -4.26. The van der Waals surface area contributed by atoms with Gasteiger partial charge in [-0.05, 0) is 72.3 Å². The van der Waals surface area contributed by atoms with Crippen molar-refractivity contribution in [2.45, 2.75) is 55.1 Å². The highest BCUT2D eigenvalue weighted by atomic mass is 35.5. The maximum Gasteiger partial charge on any atom is 0.416 e. The second-order valence-corrected chi connectivity index (χ2v) is 28.2. The zero-order chi connectivity index (χ0) is 76.5. The molecule has 0 aliphatic carbocycles. The summed E-state index contributed by atoms with van der Waals surface area (Å²) in [4.78, 5) is 102. The van der Waals surface area contributed by atoms with Gasteiger partial charge < -0.3 is 43.5 Å². The Labute approximate surface area is 565 Å². The van der Waals surface area contributed by atoms with Crippen LogP contribution in [-0.2, 0) is 62.9 Å². The van der Waals surface area contributed by atoms with E-state index in [0.29, 0.717) is 35.3 Å². The van der Waals surface area contributed by atoms with E-state index < -0.39 is 179 Å². The summed E-state index contributed by atoms with van der Waals surface area (Å²) >= 11 is 5.76. The van der Waals surface area contributed by atoms with Gasteiger partial charge in [0.25, 0.3) is 31.6 Å². The summed E-state index contributed by atoms with van der Waals surface area (Å²) < 4.78 is 229. The van der Waals surface area contributed by atoms with Crippen LogP contribution in [0, 0.1) is 17.0 Å². The van der Waals surface area contributed by atoms with Crippen LogP contribution in [0.2, 0.25) is 5.02 Å². The summed E-state index contributed by atoms with van der Waals surface area (Å²) in [5, 5.41) is 33.5. The number of halogens is 11. The van der Waals surface area contributed by atoms with E-state index in [1.165, 1.54) is 49.1 Å². The van der Waals surface area contributed by atoms with Crippen molar-refractivity contribution in [2.75, 3.05) is 55.6 Å². The molecule has 0 bridgehead atoms. The first-order chi connectivity index (χ1) is 45.9. The average Bonchev–Trinajstić information content (AvgIpc) is 0.821. The number of carboxylic acid groups (broad SMARTS) is 2. The summed E-state index contributed by atoms with van der Waals surface area (Å²) in [6.45, 7) is -5.80. The Balaban J connectivity index is 0.000000464. The molecule has 0 aliphatic heterocycles. The molecular weight excluding hydrogens is 1510 g/mol. The van der Waals surface area contributed by atoms with E-state index in [9.17, 15) is 113 Å². The number of carbonyl (C=O) groups is 5. The molecule has 0 spiro atoms. The van der Waals surface area contributed by atoms with Gasteiger partial charge in [0.05, 0.1) is 77.0 Å². The van der Waals surface area contributed by atoms with Crippen LogP contribution in [0.1, 0.15) is 44.1 Å². The summed E-state index contributed by atoms with van der Waals surface area (Å²) in [5.41, 5.74) is -3.06. The SMILES string of the molecule is COc1nc(C)nc(NC(=O)NS(=O)(=O)c2ccccc2CCC(F)(F)F)n1.CS(=O)(=O)NC(=O)c1cc(Oc2ccc(C(F)(F)F)cc2Cl)ccc1[N+](=O)[O-].C[S+](C)C.O=C(Nc1nc(OC(F)F)cc(OC(F)F)n1)NS(=O)(=O)c1ccccc1C(=O)O.O=C(O)CNCP(=O)([O-])O. The van der Waals surface area contributed by atoms with Gasteiger partial charge in [-0.15, -0.1) is 0 Å². The lowest BCUT2D eigenvalue weighted by atomic mass is 10.1. The molecule has 4 aromatic carbocycles. The molecule has 0 saturated carbocycles. The van der Waals surface area contributed by atoms with Gasteiger partial charge in [-0.25, -0.2) is 53.8 Å². The Bertz CT molecular complexity index is 4260. The highest BCUT2D eigenvalue weighted by molar-refractivity contribution is 7.94. The smallest absolute Gasteiger partial charge is 0.416 e. The number of anilines is 2. The molecule has 0 radical (unpaired) electrons. The highest BCUT2D eigenvalue weighted by Gasteiger charge is 2.33. The molecule has 0 saturated heterocycles. The molecule has 0 fully saturated rings. The molecule has 6 aromatic rings. The third-order valence-corrected chi connectivity index (χ3v) is 14.3. The summed E-state index contributed by atoms with van der Waals surface area (Å²) in [6, 6.07) is 12.1. The van der Waals surface area contributed by atoms with Crippen LogP contribution < -0.4 is 54.0 Å². The first kappa shape index (κ1) is 86.5. The normalized spacial score (nSPS) is 11.9. The fourth-order valence-corrected chi connectivity index (χ4v) is 9.78. The first-order valence-corrected chi connectivity index (χ1v) is 35.3. The zero-order valence-electron chi connectivity index (χ0n) is 51.2. The van der Waals surface area contributed by atoms with Crippen molar-refractivity contribution in [3.05, 3.63) is 134 Å². The summed E-state index contributed by atoms with van der Waals surface area (Å²) in [7, 11) is -15.6. The zero-order valence-corrected chi connectivity index (χ0v) is 56.1. The van der Waals surface area contributed by atoms with Gasteiger partial charge in [0.2, 0.25) is 33.7 Å². The molecule has 2 aromatic heterocycles. The number of nitrogens with one attached hydrogen (secondary N) is 6. The number of aryl methyl sites for hydroxylation is 2. The maximum atomic E-state index is 12.7. The Hall–Kier alpha value is -9.58. The number of hydrogen-bond acceptors (Lipinski definition) is 25. The monoisotopic (exact) mass is 1560 g/mol. The van der Waals surface area contributed by atoms with E-state index in [0.717, 1.165) is 42.5 Å². The number of benzene rings is 4. The number of methoxy groups -OCH3 is 1. The number of ether oxygens (including phenoxy) is 4. The predicted molar refractivity (Wildman–Crippen MR) is 327 cm³/mol. The predicted octanol–water partition coefficient (Wildman–Crippen LogP) is 6.49. The summed E-state index contributed by atoms with van der Waals surface area (Å²) in [5.74, 6) is -7.36. The third kappa shape index (κ3) is 33.3. The number of nitro benzene ring substituents is 1. The maximum absolute atomic E-state index is 12.7. The van der Waals surface area contributed by atoms with Gasteiger partial charge in [-0.3, -0.25) is 35.7 Å². The molecule has 100 heavy (non-hydrogen) atoms. The number of aromatic nitrogens is 5. The standard InChI is InChI=1S/C15H10ClF3N2O6S.C15H16F3N5O4S.C14H10F4N4O7S.C3H8NO5P.C3H9S/c1-28(25,26)20-14(22)10-7-9(3-4-12(10)21(23)24)27-13-5-2-8(6-11(13)16)15(17,18)19;1-9-19-12(22-14(20-9)27-2)21-13(24)23-28(25,26)11-6-4-3-5-10(11)7-8-15(16,17)18;15-11(16)28-8-5-9(29-12(17)18)20-13(19-8)21-14(25)22-30(26,27)7-4-2-1-3-6(7)10(23)24;5-3(6)1-4-2-10(7,8)9;1-4(2)3/h2-7H,1H3,(H,20,22);3-6H,7-8H2,1-2H3,(H2,19,20,21,22,23,24);1-5,11-12H,(H,23,24)(H2,19,20,21,22,25);4H,1-2H2,(H,5,6)(H2,7,8,9);1-3H3/q;;;;+1/p-1. The molecule has 0 aliphatic rings. The number of amides is 5. The Kier molecular flexibility index (Phi) is 33.0. The quantitative estimate of drug-likeness (QED) is 0.0109. The minimum absolute atomic E-state index is 0.0715.